The van der Waals surface area contributed by atoms with E-state index in [1.165, 1.54) is 12.1 Å². The Morgan fingerprint density at radius 1 is 1.14 bits per heavy atom. The number of aryl methyl sites for hydroxylation is 1. The Kier molecular flexibility index (Phi) is 9.52. The second kappa shape index (κ2) is 12.9. The average Bonchev–Trinajstić information content (AvgIpc) is 3.28. The summed E-state index contributed by atoms with van der Waals surface area (Å²) in [5.74, 6) is -0.476. The van der Waals surface area contributed by atoms with Crippen molar-refractivity contribution in [1.29, 1.82) is 0 Å². The zero-order valence-corrected chi connectivity index (χ0v) is 26.0. The number of likely N-dealkylation sites (N-methyl/N-ethyl adjacent to an activating group) is 2. The van der Waals surface area contributed by atoms with E-state index >= 15 is 0 Å². The molecule has 0 bridgehead atoms. The number of amides is 1. The Hall–Kier alpha value is -4.28. The molecule has 228 valence electrons. The number of nitrogens with one attached hydrogen (secondary N) is 2. The average molecular weight is 612 g/mol. The van der Waals surface area contributed by atoms with Gasteiger partial charge in [0, 0.05) is 67.4 Å². The molecular weight excluding hydrogens is 575 g/mol. The van der Waals surface area contributed by atoms with E-state index in [1.807, 2.05) is 59.9 Å². The van der Waals surface area contributed by atoms with Crippen LogP contribution in [0.2, 0.25) is 0 Å². The summed E-state index contributed by atoms with van der Waals surface area (Å²) in [4.78, 5) is 25.0. The summed E-state index contributed by atoms with van der Waals surface area (Å²) in [5, 5.41) is 7.43. The highest BCUT2D eigenvalue weighted by molar-refractivity contribution is 7.70. The molecule has 0 fully saturated rings. The normalized spacial score (nSPS) is 11.7. The first-order valence-electron chi connectivity index (χ1n) is 13.4. The van der Waals surface area contributed by atoms with Crippen LogP contribution in [0.3, 0.4) is 0 Å². The van der Waals surface area contributed by atoms with Gasteiger partial charge in [-0.1, -0.05) is 18.7 Å². The molecule has 4 aromatic rings. The summed E-state index contributed by atoms with van der Waals surface area (Å²) in [5.41, 5.74) is 3.27. The van der Waals surface area contributed by atoms with Gasteiger partial charge in [-0.3, -0.25) is 4.79 Å². The Labute approximate surface area is 249 Å². The molecule has 2 aromatic heterocycles. The predicted octanol–water partition coefficient (Wildman–Crippen LogP) is 5.35. The molecule has 0 radical (unpaired) electrons. The molecule has 13 heteroatoms. The minimum absolute atomic E-state index is 0.130. The van der Waals surface area contributed by atoms with Crippen molar-refractivity contribution in [2.45, 2.75) is 6.61 Å². The third kappa shape index (κ3) is 7.57. The molecule has 0 aliphatic rings. The highest BCUT2D eigenvalue weighted by Gasteiger charge is 2.20. The number of aromatic nitrogens is 3. The fraction of sp³-hybridized carbons (Fsp3) is 0.300. The number of halogens is 2. The van der Waals surface area contributed by atoms with Gasteiger partial charge < -0.3 is 34.3 Å². The Morgan fingerprint density at radius 3 is 2.53 bits per heavy atom. The zero-order valence-electron chi connectivity index (χ0n) is 25.1. The van der Waals surface area contributed by atoms with Gasteiger partial charge in [0.1, 0.15) is 7.14 Å². The quantitative estimate of drug-likeness (QED) is 0.163. The predicted molar refractivity (Wildman–Crippen MR) is 170 cm³/mol. The van der Waals surface area contributed by atoms with Crippen molar-refractivity contribution in [3.05, 3.63) is 61.4 Å². The number of benzene rings is 2. The van der Waals surface area contributed by atoms with Crippen LogP contribution in [-0.2, 0) is 16.4 Å². The van der Waals surface area contributed by atoms with E-state index in [1.54, 1.807) is 32.6 Å². The van der Waals surface area contributed by atoms with E-state index in [4.69, 9.17) is 4.74 Å². The lowest BCUT2D eigenvalue weighted by Crippen LogP contribution is -2.29. The van der Waals surface area contributed by atoms with E-state index in [9.17, 15) is 18.1 Å². The SMILES string of the molecule is C=CC(=O)Nc1cc(Nc2nccc(-c3cn(C)c4cc(P(C)(C)=O)ccc34)n2)c(OC(F)F)cc1N(C)CCN(C)C. The number of carbonyl (C=O) groups is 1. The van der Waals surface area contributed by atoms with E-state index in [0.29, 0.717) is 30.2 Å². The molecule has 2 heterocycles. The molecule has 0 spiro atoms. The van der Waals surface area contributed by atoms with Gasteiger partial charge in [0.25, 0.3) is 0 Å². The first kappa shape index (κ1) is 31.7. The summed E-state index contributed by atoms with van der Waals surface area (Å²) in [6, 6.07) is 10.4. The Balaban J connectivity index is 1.76. The number of fused-ring (bicyclic) bond motifs is 1. The van der Waals surface area contributed by atoms with Gasteiger partial charge in [-0.05, 0) is 51.7 Å². The maximum atomic E-state index is 13.5. The van der Waals surface area contributed by atoms with Crippen LogP contribution in [0.25, 0.3) is 22.2 Å². The Bertz CT molecular complexity index is 1700. The van der Waals surface area contributed by atoms with Gasteiger partial charge >= 0.3 is 6.61 Å². The van der Waals surface area contributed by atoms with Crippen LogP contribution in [0.4, 0.5) is 31.8 Å². The van der Waals surface area contributed by atoms with Gasteiger partial charge in [0.15, 0.2) is 5.75 Å². The number of hydrogen-bond acceptors (Lipinski definition) is 8. The number of nitrogens with zero attached hydrogens (tertiary/aromatic N) is 5. The van der Waals surface area contributed by atoms with Crippen molar-refractivity contribution in [2.75, 3.05) is 63.1 Å². The van der Waals surface area contributed by atoms with E-state index < -0.39 is 19.7 Å². The highest BCUT2D eigenvalue weighted by atomic mass is 31.2. The van der Waals surface area contributed by atoms with Crippen LogP contribution in [0.15, 0.2) is 61.4 Å². The molecule has 2 aromatic carbocycles. The zero-order chi connectivity index (χ0) is 31.5. The van der Waals surface area contributed by atoms with Crippen molar-refractivity contribution in [3.8, 4) is 17.0 Å². The fourth-order valence-corrected chi connectivity index (χ4v) is 5.40. The summed E-state index contributed by atoms with van der Waals surface area (Å²) in [6.45, 7) is 5.11. The first-order valence-corrected chi connectivity index (χ1v) is 16.0. The number of hydrogen-bond donors (Lipinski definition) is 2. The van der Waals surface area contributed by atoms with E-state index in [0.717, 1.165) is 27.8 Å². The van der Waals surface area contributed by atoms with Gasteiger partial charge in [0.05, 0.1) is 22.8 Å². The second-order valence-electron chi connectivity index (χ2n) is 10.8. The second-order valence-corrected chi connectivity index (χ2v) is 14.0. The topological polar surface area (TPSA) is 105 Å². The molecule has 0 unspecified atom stereocenters. The van der Waals surface area contributed by atoms with Gasteiger partial charge in [-0.2, -0.15) is 8.78 Å². The Morgan fingerprint density at radius 2 is 1.88 bits per heavy atom. The van der Waals surface area contributed by atoms with Gasteiger partial charge in [0.2, 0.25) is 11.9 Å². The number of carbonyl (C=O) groups excluding carboxylic acids is 1. The molecule has 10 nitrogen and oxygen atoms in total. The van der Waals surface area contributed by atoms with Crippen LogP contribution >= 0.6 is 7.14 Å². The molecule has 0 saturated heterocycles. The molecule has 4 rings (SSSR count). The number of anilines is 4. The first-order chi connectivity index (χ1) is 20.3. The van der Waals surface area contributed by atoms with Crippen molar-refractivity contribution < 1.29 is 22.9 Å². The largest absolute Gasteiger partial charge is 0.433 e. The van der Waals surface area contributed by atoms with E-state index in [-0.39, 0.29) is 17.4 Å². The summed E-state index contributed by atoms with van der Waals surface area (Å²) in [6.07, 6.45) is 4.60. The molecule has 0 atom stereocenters. The monoisotopic (exact) mass is 611 g/mol. The minimum Gasteiger partial charge on any atom is -0.433 e. The lowest BCUT2D eigenvalue weighted by atomic mass is 10.1. The van der Waals surface area contributed by atoms with Crippen LogP contribution in [0, 0.1) is 0 Å². The molecule has 2 N–H and O–H groups in total. The third-order valence-corrected chi connectivity index (χ3v) is 8.35. The highest BCUT2D eigenvalue weighted by Crippen LogP contribution is 2.40. The molecule has 43 heavy (non-hydrogen) atoms. The van der Waals surface area contributed by atoms with Crippen molar-refractivity contribution in [3.63, 3.8) is 0 Å². The summed E-state index contributed by atoms with van der Waals surface area (Å²) >= 11 is 0. The number of ether oxygens (including phenoxy) is 1. The molecule has 1 amide bonds. The van der Waals surface area contributed by atoms with Crippen molar-refractivity contribution in [1.82, 2.24) is 19.4 Å². The lowest BCUT2D eigenvalue weighted by Gasteiger charge is -2.26. The number of rotatable bonds is 12. The maximum Gasteiger partial charge on any atom is 0.387 e. The van der Waals surface area contributed by atoms with Gasteiger partial charge in [-0.15, -0.1) is 0 Å². The summed E-state index contributed by atoms with van der Waals surface area (Å²) in [7, 11) is 5.08. The molecular formula is C30H36F2N7O3P. The smallest absolute Gasteiger partial charge is 0.387 e. The number of alkyl halides is 2. The standard InChI is InChI=1S/C30H36F2N7O3P/c1-8-28(40)34-23-16-24(27(42-29(31)32)17-26(23)38(4)14-13-37(2)3)36-30-33-12-11-22(35-30)21-18-39(5)25-15-19(43(6,7)41)9-10-20(21)25/h8-12,15-18,29H,1,13-14H2,2-7H3,(H,34,40)(H,33,35,36). The van der Waals surface area contributed by atoms with Crippen molar-refractivity contribution in [2.24, 2.45) is 7.05 Å². The lowest BCUT2D eigenvalue weighted by molar-refractivity contribution is -0.111. The van der Waals surface area contributed by atoms with Crippen LogP contribution in [0.1, 0.15) is 0 Å². The van der Waals surface area contributed by atoms with Crippen LogP contribution in [-0.4, -0.2) is 79.5 Å². The van der Waals surface area contributed by atoms with Gasteiger partial charge in [-0.25, -0.2) is 9.97 Å². The van der Waals surface area contributed by atoms with Crippen molar-refractivity contribution >= 4 is 52.3 Å². The maximum absolute atomic E-state index is 13.5. The van der Waals surface area contributed by atoms with E-state index in [2.05, 4.69) is 27.2 Å². The minimum atomic E-state index is -3.09. The van der Waals surface area contributed by atoms with Crippen LogP contribution < -0.4 is 25.6 Å². The fourth-order valence-electron chi connectivity index (χ4n) is 4.53. The van der Waals surface area contributed by atoms with Crippen LogP contribution in [0.5, 0.6) is 5.75 Å². The molecule has 0 aliphatic heterocycles. The third-order valence-electron chi connectivity index (χ3n) is 6.83. The molecule has 0 saturated carbocycles. The summed E-state index contributed by atoms with van der Waals surface area (Å²) < 4.78 is 46.5. The molecule has 0 aliphatic carbocycles.